The lowest BCUT2D eigenvalue weighted by Gasteiger charge is -2.09. The van der Waals surface area contributed by atoms with Gasteiger partial charge in [-0.15, -0.1) is 16.8 Å². The van der Waals surface area contributed by atoms with Crippen molar-refractivity contribution in [3.63, 3.8) is 0 Å². The molecule has 0 radical (unpaired) electrons. The van der Waals surface area contributed by atoms with Gasteiger partial charge in [-0.25, -0.2) is 0 Å². The monoisotopic (exact) mass is 412 g/mol. The fourth-order valence-corrected chi connectivity index (χ4v) is 3.57. The molecule has 0 bridgehead atoms. The average Bonchev–Trinajstić information content (AvgIpc) is 3.09. The van der Waals surface area contributed by atoms with E-state index in [1.807, 2.05) is 54.0 Å². The van der Waals surface area contributed by atoms with Crippen LogP contribution in [0.3, 0.4) is 0 Å². The number of rotatable bonds is 8. The van der Waals surface area contributed by atoms with Crippen molar-refractivity contribution >= 4 is 29.3 Å². The number of benzene rings is 2. The molecule has 7 heteroatoms. The van der Waals surface area contributed by atoms with Crippen LogP contribution in [0.2, 0.25) is 5.02 Å². The first-order valence-electron chi connectivity index (χ1n) is 8.82. The molecule has 0 fully saturated rings. The van der Waals surface area contributed by atoms with Crippen molar-refractivity contribution in [3.8, 4) is 11.4 Å². The Balaban J connectivity index is 1.64. The third kappa shape index (κ3) is 5.24. The number of aromatic nitrogens is 3. The topological polar surface area (TPSA) is 59.8 Å². The van der Waals surface area contributed by atoms with E-state index in [-0.39, 0.29) is 11.7 Å². The van der Waals surface area contributed by atoms with Crippen LogP contribution in [-0.2, 0) is 17.9 Å². The van der Waals surface area contributed by atoms with Gasteiger partial charge in [0.2, 0.25) is 5.91 Å². The fraction of sp³-hybridized carbons (Fsp3) is 0.190. The minimum atomic E-state index is -0.0646. The molecule has 3 aromatic rings. The lowest BCUT2D eigenvalue weighted by molar-refractivity contribution is -0.118. The van der Waals surface area contributed by atoms with Crippen LogP contribution >= 0.6 is 23.4 Å². The van der Waals surface area contributed by atoms with E-state index < -0.39 is 0 Å². The molecule has 1 N–H and O–H groups in total. The lowest BCUT2D eigenvalue weighted by atomic mass is 10.1. The molecule has 0 spiro atoms. The smallest absolute Gasteiger partial charge is 0.230 e. The second-order valence-electron chi connectivity index (χ2n) is 6.27. The highest BCUT2D eigenvalue weighted by molar-refractivity contribution is 7.99. The van der Waals surface area contributed by atoms with Gasteiger partial charge in [0, 0.05) is 23.7 Å². The third-order valence-corrected chi connectivity index (χ3v) is 5.26. The molecule has 0 unspecified atom stereocenters. The summed E-state index contributed by atoms with van der Waals surface area (Å²) in [5.74, 6) is 0.967. The van der Waals surface area contributed by atoms with E-state index in [9.17, 15) is 4.79 Å². The van der Waals surface area contributed by atoms with Crippen LogP contribution in [0.25, 0.3) is 11.4 Å². The standard InChI is InChI=1S/C21H21ClN4OS/c1-3-11-26-20(17-6-4-5-15(2)12-17)24-25-21(26)28-14-19(27)23-13-16-7-9-18(22)10-8-16/h3-10,12H,1,11,13-14H2,2H3,(H,23,27). The second kappa shape index (κ2) is 9.57. The van der Waals surface area contributed by atoms with E-state index in [2.05, 4.69) is 28.2 Å². The molecule has 28 heavy (non-hydrogen) atoms. The first-order valence-corrected chi connectivity index (χ1v) is 10.2. The zero-order valence-electron chi connectivity index (χ0n) is 15.6. The SMILES string of the molecule is C=CCn1c(SCC(=O)NCc2ccc(Cl)cc2)nnc1-c1cccc(C)c1. The van der Waals surface area contributed by atoms with Crippen LogP contribution in [-0.4, -0.2) is 26.4 Å². The summed E-state index contributed by atoms with van der Waals surface area (Å²) >= 11 is 7.24. The Hall–Kier alpha value is -2.57. The molecular weight excluding hydrogens is 392 g/mol. The quantitative estimate of drug-likeness (QED) is 0.437. The number of thioether (sulfide) groups is 1. The van der Waals surface area contributed by atoms with Gasteiger partial charge in [0.1, 0.15) is 0 Å². The van der Waals surface area contributed by atoms with Gasteiger partial charge in [0.15, 0.2) is 11.0 Å². The number of aryl methyl sites for hydroxylation is 1. The van der Waals surface area contributed by atoms with Crippen LogP contribution in [0, 0.1) is 6.92 Å². The Morgan fingerprint density at radius 1 is 1.25 bits per heavy atom. The molecule has 1 heterocycles. The molecular formula is C21H21ClN4OS. The van der Waals surface area contributed by atoms with Crippen molar-refractivity contribution < 1.29 is 4.79 Å². The normalized spacial score (nSPS) is 10.6. The maximum absolute atomic E-state index is 12.2. The van der Waals surface area contributed by atoms with Crippen LogP contribution in [0.15, 0.2) is 66.3 Å². The average molecular weight is 413 g/mol. The largest absolute Gasteiger partial charge is 0.351 e. The Kier molecular flexibility index (Phi) is 6.90. The van der Waals surface area contributed by atoms with E-state index in [1.54, 1.807) is 6.08 Å². The predicted octanol–water partition coefficient (Wildman–Crippen LogP) is 4.50. The number of carbonyl (C=O) groups excluding carboxylic acids is 1. The van der Waals surface area contributed by atoms with Crippen LogP contribution in [0.1, 0.15) is 11.1 Å². The molecule has 0 atom stereocenters. The first-order chi connectivity index (χ1) is 13.6. The minimum Gasteiger partial charge on any atom is -0.351 e. The zero-order valence-corrected chi connectivity index (χ0v) is 17.1. The highest BCUT2D eigenvalue weighted by Gasteiger charge is 2.15. The highest BCUT2D eigenvalue weighted by Crippen LogP contribution is 2.24. The van der Waals surface area contributed by atoms with Crippen molar-refractivity contribution in [2.75, 3.05) is 5.75 Å². The maximum atomic E-state index is 12.2. The molecule has 0 aliphatic heterocycles. The van der Waals surface area contributed by atoms with Gasteiger partial charge >= 0.3 is 0 Å². The summed E-state index contributed by atoms with van der Waals surface area (Å²) in [4.78, 5) is 12.2. The third-order valence-electron chi connectivity index (χ3n) is 4.04. The van der Waals surface area contributed by atoms with Crippen molar-refractivity contribution in [1.82, 2.24) is 20.1 Å². The van der Waals surface area contributed by atoms with Gasteiger partial charge in [-0.2, -0.15) is 0 Å². The zero-order chi connectivity index (χ0) is 19.9. The van der Waals surface area contributed by atoms with E-state index in [0.717, 1.165) is 22.5 Å². The molecule has 1 amide bonds. The molecule has 144 valence electrons. The Morgan fingerprint density at radius 2 is 2.04 bits per heavy atom. The minimum absolute atomic E-state index is 0.0646. The Morgan fingerprint density at radius 3 is 2.75 bits per heavy atom. The molecule has 2 aromatic carbocycles. The summed E-state index contributed by atoms with van der Waals surface area (Å²) in [5.41, 5.74) is 3.15. The maximum Gasteiger partial charge on any atom is 0.230 e. The summed E-state index contributed by atoms with van der Waals surface area (Å²) in [7, 11) is 0. The van der Waals surface area contributed by atoms with Gasteiger partial charge in [0.25, 0.3) is 0 Å². The van der Waals surface area contributed by atoms with Crippen LogP contribution in [0.4, 0.5) is 0 Å². The number of halogens is 1. The van der Waals surface area contributed by atoms with Gasteiger partial charge in [-0.05, 0) is 30.7 Å². The number of carbonyl (C=O) groups is 1. The van der Waals surface area contributed by atoms with Crippen molar-refractivity contribution in [1.29, 1.82) is 0 Å². The number of nitrogens with zero attached hydrogens (tertiary/aromatic N) is 3. The summed E-state index contributed by atoms with van der Waals surface area (Å²) in [5, 5.41) is 12.9. The molecule has 0 aliphatic rings. The fourth-order valence-electron chi connectivity index (χ4n) is 2.67. The van der Waals surface area contributed by atoms with Gasteiger partial charge in [-0.3, -0.25) is 9.36 Å². The summed E-state index contributed by atoms with van der Waals surface area (Å²) in [6, 6.07) is 15.5. The summed E-state index contributed by atoms with van der Waals surface area (Å²) < 4.78 is 1.97. The molecule has 5 nitrogen and oxygen atoms in total. The van der Waals surface area contributed by atoms with Gasteiger partial charge in [0.05, 0.1) is 5.75 Å². The van der Waals surface area contributed by atoms with E-state index in [1.165, 1.54) is 11.8 Å². The van der Waals surface area contributed by atoms with Crippen molar-refractivity contribution in [3.05, 3.63) is 77.3 Å². The number of hydrogen-bond donors (Lipinski definition) is 1. The molecule has 3 rings (SSSR count). The molecule has 0 saturated heterocycles. The Labute approximate surface area is 173 Å². The van der Waals surface area contributed by atoms with Crippen LogP contribution < -0.4 is 5.32 Å². The van der Waals surface area contributed by atoms with E-state index in [0.29, 0.717) is 23.3 Å². The first kappa shape index (κ1) is 20.2. The predicted molar refractivity (Wildman–Crippen MR) is 114 cm³/mol. The highest BCUT2D eigenvalue weighted by atomic mass is 35.5. The number of allylic oxidation sites excluding steroid dienone is 1. The molecule has 0 saturated carbocycles. The summed E-state index contributed by atoms with van der Waals surface area (Å²) in [6.07, 6.45) is 1.80. The Bertz CT molecular complexity index is 969. The number of nitrogens with one attached hydrogen (secondary N) is 1. The van der Waals surface area contributed by atoms with Crippen molar-refractivity contribution in [2.45, 2.75) is 25.2 Å². The van der Waals surface area contributed by atoms with Gasteiger partial charge in [-0.1, -0.05) is 65.3 Å². The van der Waals surface area contributed by atoms with Gasteiger partial charge < -0.3 is 5.32 Å². The van der Waals surface area contributed by atoms with Crippen molar-refractivity contribution in [2.24, 2.45) is 0 Å². The molecule has 1 aromatic heterocycles. The number of amides is 1. The molecule has 0 aliphatic carbocycles. The second-order valence-corrected chi connectivity index (χ2v) is 7.65. The number of hydrogen-bond acceptors (Lipinski definition) is 4. The summed E-state index contributed by atoms with van der Waals surface area (Å²) in [6.45, 7) is 6.90. The van der Waals surface area contributed by atoms with Crippen LogP contribution in [0.5, 0.6) is 0 Å². The van der Waals surface area contributed by atoms with E-state index in [4.69, 9.17) is 11.6 Å². The lowest BCUT2D eigenvalue weighted by Crippen LogP contribution is -2.24. The van der Waals surface area contributed by atoms with E-state index >= 15 is 0 Å².